The zero-order valence-corrected chi connectivity index (χ0v) is 11.5. The summed E-state index contributed by atoms with van der Waals surface area (Å²) in [7, 11) is 0. The first kappa shape index (κ1) is 12.3. The molecule has 1 saturated carbocycles. The number of hydrogen-bond donors (Lipinski definition) is 1. The van der Waals surface area contributed by atoms with Crippen molar-refractivity contribution in [1.82, 2.24) is 9.88 Å². The van der Waals surface area contributed by atoms with Gasteiger partial charge in [0.15, 0.2) is 0 Å². The van der Waals surface area contributed by atoms with Gasteiger partial charge in [0.25, 0.3) is 5.91 Å². The highest BCUT2D eigenvalue weighted by Crippen LogP contribution is 2.30. The predicted octanol–water partition coefficient (Wildman–Crippen LogP) is 3.43. The van der Waals surface area contributed by atoms with Gasteiger partial charge in [-0.05, 0) is 30.9 Å². The highest BCUT2D eigenvalue weighted by Gasteiger charge is 2.33. The van der Waals surface area contributed by atoms with Gasteiger partial charge in [0.1, 0.15) is 0 Å². The highest BCUT2D eigenvalue weighted by molar-refractivity contribution is 6.05. The van der Waals surface area contributed by atoms with E-state index in [1.54, 1.807) is 0 Å². The zero-order valence-electron chi connectivity index (χ0n) is 11.5. The molecule has 1 amide bonds. The number of nitrogens with zero attached hydrogens (tertiary/aromatic N) is 1. The largest absolute Gasteiger partial charge is 0.361 e. The number of H-pyrrole nitrogens is 1. The van der Waals surface area contributed by atoms with Crippen molar-refractivity contribution in [3.05, 3.63) is 36.0 Å². The molecule has 1 heterocycles. The number of nitrogens with one attached hydrogen (secondary N) is 1. The van der Waals surface area contributed by atoms with Crippen LogP contribution in [0.15, 0.2) is 30.5 Å². The number of rotatable bonds is 4. The second-order valence-electron chi connectivity index (χ2n) is 5.83. The molecule has 0 bridgehead atoms. The first-order valence-corrected chi connectivity index (χ1v) is 7.04. The molecule has 1 aliphatic carbocycles. The van der Waals surface area contributed by atoms with E-state index in [0.717, 1.165) is 35.9 Å². The lowest BCUT2D eigenvalue weighted by Gasteiger charge is -2.24. The number of carbonyl (C=O) groups excluding carboxylic acids is 1. The van der Waals surface area contributed by atoms with Crippen molar-refractivity contribution < 1.29 is 4.79 Å². The fraction of sp³-hybridized carbons (Fsp3) is 0.438. The minimum atomic E-state index is 0.171. The van der Waals surface area contributed by atoms with Crippen molar-refractivity contribution in [3.63, 3.8) is 0 Å². The Labute approximate surface area is 113 Å². The Hall–Kier alpha value is -1.77. The molecule has 19 heavy (non-hydrogen) atoms. The molecule has 2 aromatic rings. The lowest BCUT2D eigenvalue weighted by atomic mass is 10.1. The molecule has 0 aliphatic heterocycles. The Morgan fingerprint density at radius 2 is 2.16 bits per heavy atom. The number of para-hydroxylation sites is 1. The molecular formula is C16H20N2O. The second-order valence-corrected chi connectivity index (χ2v) is 5.83. The average Bonchev–Trinajstić information content (AvgIpc) is 3.11. The van der Waals surface area contributed by atoms with Gasteiger partial charge in [-0.3, -0.25) is 4.79 Å². The van der Waals surface area contributed by atoms with E-state index in [4.69, 9.17) is 0 Å². The van der Waals surface area contributed by atoms with E-state index in [1.807, 2.05) is 30.5 Å². The van der Waals surface area contributed by atoms with Gasteiger partial charge in [-0.25, -0.2) is 0 Å². The summed E-state index contributed by atoms with van der Waals surface area (Å²) in [6, 6.07) is 8.39. The van der Waals surface area contributed by atoms with Crippen LogP contribution in [0, 0.1) is 5.92 Å². The number of aromatic nitrogens is 1. The van der Waals surface area contributed by atoms with Gasteiger partial charge in [-0.2, -0.15) is 0 Å². The predicted molar refractivity (Wildman–Crippen MR) is 77.2 cm³/mol. The van der Waals surface area contributed by atoms with Crippen molar-refractivity contribution in [1.29, 1.82) is 0 Å². The van der Waals surface area contributed by atoms with Gasteiger partial charge < -0.3 is 9.88 Å². The number of fused-ring (bicyclic) bond motifs is 1. The molecule has 1 N–H and O–H groups in total. The number of carbonyl (C=O) groups is 1. The Balaban J connectivity index is 1.95. The van der Waals surface area contributed by atoms with E-state index in [0.29, 0.717) is 12.0 Å². The van der Waals surface area contributed by atoms with Crippen LogP contribution in [-0.4, -0.2) is 28.4 Å². The minimum absolute atomic E-state index is 0.171. The Kier molecular flexibility index (Phi) is 3.05. The van der Waals surface area contributed by atoms with Crippen LogP contribution in [0.2, 0.25) is 0 Å². The second kappa shape index (κ2) is 4.72. The standard InChI is InChI=1S/C16H20N2O/c1-11(2)10-18(13-6-7-13)16(19)14-5-3-4-12-8-9-17-15(12)14/h3-5,8-9,11,13,17H,6-7,10H2,1-2H3. The topological polar surface area (TPSA) is 36.1 Å². The molecule has 1 aromatic carbocycles. The lowest BCUT2D eigenvalue weighted by molar-refractivity contribution is 0.0724. The molecule has 3 nitrogen and oxygen atoms in total. The summed E-state index contributed by atoms with van der Waals surface area (Å²) in [5.74, 6) is 0.677. The van der Waals surface area contributed by atoms with Gasteiger partial charge in [0.05, 0.1) is 11.1 Å². The number of hydrogen-bond acceptors (Lipinski definition) is 1. The summed E-state index contributed by atoms with van der Waals surface area (Å²) in [5.41, 5.74) is 1.76. The Morgan fingerprint density at radius 3 is 2.84 bits per heavy atom. The molecule has 1 aliphatic rings. The number of amides is 1. The SMILES string of the molecule is CC(C)CN(C(=O)c1cccc2cc[nH]c12)C1CC1. The molecule has 0 spiro atoms. The van der Waals surface area contributed by atoms with Crippen LogP contribution in [0.1, 0.15) is 37.0 Å². The minimum Gasteiger partial charge on any atom is -0.361 e. The van der Waals surface area contributed by atoms with Crippen molar-refractivity contribution in [3.8, 4) is 0 Å². The van der Waals surface area contributed by atoms with Crippen molar-refractivity contribution >= 4 is 16.8 Å². The summed E-state index contributed by atoms with van der Waals surface area (Å²) in [6.45, 7) is 5.18. The van der Waals surface area contributed by atoms with E-state index in [1.165, 1.54) is 0 Å². The molecule has 3 heteroatoms. The highest BCUT2D eigenvalue weighted by atomic mass is 16.2. The fourth-order valence-corrected chi connectivity index (χ4v) is 2.60. The summed E-state index contributed by atoms with van der Waals surface area (Å²) >= 11 is 0. The van der Waals surface area contributed by atoms with Crippen molar-refractivity contribution in [2.45, 2.75) is 32.7 Å². The van der Waals surface area contributed by atoms with Crippen LogP contribution in [0.3, 0.4) is 0 Å². The molecule has 0 radical (unpaired) electrons. The third-order valence-electron chi connectivity index (χ3n) is 3.63. The molecule has 3 rings (SSSR count). The molecule has 1 fully saturated rings. The van der Waals surface area contributed by atoms with Gasteiger partial charge in [-0.15, -0.1) is 0 Å². The number of aromatic amines is 1. The van der Waals surface area contributed by atoms with Crippen LogP contribution in [0.5, 0.6) is 0 Å². The van der Waals surface area contributed by atoms with Crippen LogP contribution in [0.25, 0.3) is 10.9 Å². The third-order valence-corrected chi connectivity index (χ3v) is 3.63. The first-order chi connectivity index (χ1) is 9.16. The summed E-state index contributed by atoms with van der Waals surface area (Å²) in [4.78, 5) is 18.0. The van der Waals surface area contributed by atoms with E-state index in [9.17, 15) is 4.79 Å². The molecule has 0 unspecified atom stereocenters. The molecule has 0 saturated heterocycles. The third kappa shape index (κ3) is 2.37. The molecular weight excluding hydrogens is 236 g/mol. The van der Waals surface area contributed by atoms with Crippen LogP contribution < -0.4 is 0 Å². The normalized spacial score (nSPS) is 15.1. The molecule has 100 valence electrons. The fourth-order valence-electron chi connectivity index (χ4n) is 2.60. The maximum Gasteiger partial charge on any atom is 0.256 e. The van der Waals surface area contributed by atoms with Crippen LogP contribution in [0.4, 0.5) is 0 Å². The molecule has 0 atom stereocenters. The summed E-state index contributed by atoms with van der Waals surface area (Å²) in [6.07, 6.45) is 4.20. The number of benzene rings is 1. The average molecular weight is 256 g/mol. The monoisotopic (exact) mass is 256 g/mol. The zero-order chi connectivity index (χ0) is 13.4. The van der Waals surface area contributed by atoms with Gasteiger partial charge in [-0.1, -0.05) is 26.0 Å². The molecule has 1 aromatic heterocycles. The van der Waals surface area contributed by atoms with Crippen LogP contribution in [-0.2, 0) is 0 Å². The van der Waals surface area contributed by atoms with Gasteiger partial charge in [0, 0.05) is 24.2 Å². The Bertz CT molecular complexity index is 596. The maximum atomic E-state index is 12.8. The van der Waals surface area contributed by atoms with Gasteiger partial charge >= 0.3 is 0 Å². The smallest absolute Gasteiger partial charge is 0.256 e. The van der Waals surface area contributed by atoms with E-state index < -0.39 is 0 Å². The lowest BCUT2D eigenvalue weighted by Crippen LogP contribution is -2.36. The quantitative estimate of drug-likeness (QED) is 0.894. The maximum absolute atomic E-state index is 12.8. The van der Waals surface area contributed by atoms with Crippen molar-refractivity contribution in [2.75, 3.05) is 6.54 Å². The van der Waals surface area contributed by atoms with E-state index in [2.05, 4.69) is 23.7 Å². The Morgan fingerprint density at radius 1 is 1.37 bits per heavy atom. The summed E-state index contributed by atoms with van der Waals surface area (Å²) < 4.78 is 0. The van der Waals surface area contributed by atoms with Crippen molar-refractivity contribution in [2.24, 2.45) is 5.92 Å². The van der Waals surface area contributed by atoms with Crippen LogP contribution >= 0.6 is 0 Å². The van der Waals surface area contributed by atoms with E-state index >= 15 is 0 Å². The van der Waals surface area contributed by atoms with Gasteiger partial charge in [0.2, 0.25) is 0 Å². The van der Waals surface area contributed by atoms with E-state index in [-0.39, 0.29) is 5.91 Å². The first-order valence-electron chi connectivity index (χ1n) is 7.04. The summed E-state index contributed by atoms with van der Waals surface area (Å²) in [5, 5.41) is 1.10.